The summed E-state index contributed by atoms with van der Waals surface area (Å²) in [6, 6.07) is 7.70. The maximum absolute atomic E-state index is 12.4. The van der Waals surface area contributed by atoms with Crippen LogP contribution in [0.1, 0.15) is 31.2 Å². The summed E-state index contributed by atoms with van der Waals surface area (Å²) in [6.07, 6.45) is 3.57. The molecule has 2 atom stereocenters. The van der Waals surface area contributed by atoms with Gasteiger partial charge in [0.15, 0.2) is 0 Å². The van der Waals surface area contributed by atoms with E-state index >= 15 is 0 Å². The Morgan fingerprint density at radius 2 is 1.91 bits per heavy atom. The first-order valence-corrected chi connectivity index (χ1v) is 7.83. The van der Waals surface area contributed by atoms with Gasteiger partial charge in [0.2, 0.25) is 11.8 Å². The lowest BCUT2D eigenvalue weighted by Gasteiger charge is -2.29. The molecule has 0 radical (unpaired) electrons. The zero-order valence-corrected chi connectivity index (χ0v) is 14.6. The van der Waals surface area contributed by atoms with Crippen molar-refractivity contribution >= 4 is 29.9 Å². The lowest BCUT2D eigenvalue weighted by Crippen LogP contribution is -2.41. The quantitative estimate of drug-likeness (QED) is 0.884. The molecule has 1 aliphatic rings. The molecule has 0 bridgehead atoms. The van der Waals surface area contributed by atoms with E-state index in [2.05, 4.69) is 5.32 Å². The van der Waals surface area contributed by atoms with Crippen LogP contribution in [0, 0.1) is 12.8 Å². The van der Waals surface area contributed by atoms with Gasteiger partial charge in [-0.05, 0) is 38.3 Å². The maximum atomic E-state index is 12.4. The molecule has 128 valence electrons. The summed E-state index contributed by atoms with van der Waals surface area (Å²) in [5.74, 6) is -0.199. The summed E-state index contributed by atoms with van der Waals surface area (Å²) >= 11 is 0. The Morgan fingerprint density at radius 1 is 1.26 bits per heavy atom. The highest BCUT2D eigenvalue weighted by Gasteiger charge is 2.28. The maximum Gasteiger partial charge on any atom is 0.243 e. The van der Waals surface area contributed by atoms with Crippen molar-refractivity contribution in [3.63, 3.8) is 0 Å². The van der Waals surface area contributed by atoms with Crippen molar-refractivity contribution in [1.29, 1.82) is 0 Å². The molecule has 3 N–H and O–H groups in total. The molecular formula is C17H26ClN3O2. The molecule has 1 aromatic rings. The van der Waals surface area contributed by atoms with Gasteiger partial charge in [0.25, 0.3) is 0 Å². The van der Waals surface area contributed by atoms with E-state index in [4.69, 9.17) is 5.73 Å². The van der Waals surface area contributed by atoms with Crippen LogP contribution in [0.5, 0.6) is 0 Å². The number of nitrogens with one attached hydrogen (secondary N) is 1. The number of rotatable bonds is 4. The zero-order valence-electron chi connectivity index (χ0n) is 13.7. The van der Waals surface area contributed by atoms with Gasteiger partial charge < -0.3 is 16.0 Å². The van der Waals surface area contributed by atoms with Crippen molar-refractivity contribution in [2.75, 3.05) is 18.9 Å². The van der Waals surface area contributed by atoms with Gasteiger partial charge in [-0.15, -0.1) is 12.4 Å². The average Bonchev–Trinajstić information content (AvgIpc) is 2.48. The molecule has 2 unspecified atom stereocenters. The van der Waals surface area contributed by atoms with Gasteiger partial charge in [0.05, 0.1) is 6.54 Å². The smallest absolute Gasteiger partial charge is 0.243 e. The molecular weight excluding hydrogens is 314 g/mol. The normalized spacial score (nSPS) is 20.3. The van der Waals surface area contributed by atoms with Crippen molar-refractivity contribution in [2.24, 2.45) is 11.7 Å². The molecule has 1 fully saturated rings. The van der Waals surface area contributed by atoms with Crippen LogP contribution >= 0.6 is 12.4 Å². The van der Waals surface area contributed by atoms with Crippen LogP contribution in [0.15, 0.2) is 24.3 Å². The van der Waals surface area contributed by atoms with Gasteiger partial charge in [-0.3, -0.25) is 9.59 Å². The third kappa shape index (κ3) is 5.84. The van der Waals surface area contributed by atoms with Gasteiger partial charge >= 0.3 is 0 Å². The van der Waals surface area contributed by atoms with Crippen LogP contribution in [0.3, 0.4) is 0 Å². The summed E-state index contributed by atoms with van der Waals surface area (Å²) in [7, 11) is 1.68. The highest BCUT2D eigenvalue weighted by Crippen LogP contribution is 2.24. The van der Waals surface area contributed by atoms with E-state index in [0.29, 0.717) is 0 Å². The molecule has 1 aliphatic carbocycles. The molecule has 0 saturated heterocycles. The third-order valence-electron chi connectivity index (χ3n) is 4.16. The Bertz CT molecular complexity index is 533. The molecule has 6 heteroatoms. The van der Waals surface area contributed by atoms with E-state index in [-0.39, 0.29) is 42.7 Å². The number of hydrogen-bond donors (Lipinski definition) is 2. The Kier molecular flexibility index (Phi) is 7.52. The van der Waals surface area contributed by atoms with E-state index in [0.717, 1.165) is 36.9 Å². The number of amides is 2. The molecule has 23 heavy (non-hydrogen) atoms. The fourth-order valence-electron chi connectivity index (χ4n) is 2.89. The predicted octanol–water partition coefficient (Wildman–Crippen LogP) is 2.33. The molecule has 0 heterocycles. The topological polar surface area (TPSA) is 75.4 Å². The summed E-state index contributed by atoms with van der Waals surface area (Å²) in [5.41, 5.74) is 7.81. The average molecular weight is 340 g/mol. The zero-order chi connectivity index (χ0) is 16.1. The standard InChI is InChI=1S/C17H25N3O2.ClH/c1-12-6-8-15(9-7-12)19-16(21)11-20(2)17(22)13-4-3-5-14(18)10-13;/h6-9,13-14H,3-5,10-11,18H2,1-2H3,(H,19,21);1H. The number of benzene rings is 1. The van der Waals surface area contributed by atoms with E-state index in [1.165, 1.54) is 4.90 Å². The van der Waals surface area contributed by atoms with Gasteiger partial charge in [-0.2, -0.15) is 0 Å². The van der Waals surface area contributed by atoms with Crippen molar-refractivity contribution in [2.45, 2.75) is 38.6 Å². The number of carbonyl (C=O) groups is 2. The molecule has 0 aliphatic heterocycles. The van der Waals surface area contributed by atoms with Gasteiger partial charge in [0, 0.05) is 24.7 Å². The SMILES string of the molecule is Cc1ccc(NC(=O)CN(C)C(=O)C2CCCC(N)C2)cc1.Cl. The Labute approximate surface area is 144 Å². The fraction of sp³-hybridized carbons (Fsp3) is 0.529. The molecule has 1 saturated carbocycles. The molecule has 1 aromatic carbocycles. The Hall–Kier alpha value is -1.59. The van der Waals surface area contributed by atoms with Gasteiger partial charge in [-0.1, -0.05) is 24.1 Å². The van der Waals surface area contributed by atoms with Crippen LogP contribution in [0.4, 0.5) is 5.69 Å². The van der Waals surface area contributed by atoms with E-state index in [1.807, 2.05) is 31.2 Å². The monoisotopic (exact) mass is 339 g/mol. The van der Waals surface area contributed by atoms with Crippen LogP contribution in [-0.2, 0) is 9.59 Å². The molecule has 0 aromatic heterocycles. The van der Waals surface area contributed by atoms with E-state index < -0.39 is 0 Å². The number of nitrogens with zero attached hydrogens (tertiary/aromatic N) is 1. The second-order valence-electron chi connectivity index (χ2n) is 6.23. The lowest BCUT2D eigenvalue weighted by atomic mass is 9.85. The number of halogens is 1. The lowest BCUT2D eigenvalue weighted by molar-refractivity contribution is -0.138. The minimum absolute atomic E-state index is 0. The molecule has 0 spiro atoms. The summed E-state index contributed by atoms with van der Waals surface area (Å²) < 4.78 is 0. The fourth-order valence-corrected chi connectivity index (χ4v) is 2.89. The summed E-state index contributed by atoms with van der Waals surface area (Å²) in [5, 5.41) is 2.81. The number of carbonyl (C=O) groups excluding carboxylic acids is 2. The largest absolute Gasteiger partial charge is 0.336 e. The van der Waals surface area contributed by atoms with Gasteiger partial charge in [-0.25, -0.2) is 0 Å². The van der Waals surface area contributed by atoms with Crippen molar-refractivity contribution in [1.82, 2.24) is 4.90 Å². The van der Waals surface area contributed by atoms with Crippen LogP contribution in [-0.4, -0.2) is 36.3 Å². The first-order valence-electron chi connectivity index (χ1n) is 7.83. The van der Waals surface area contributed by atoms with Crippen LogP contribution in [0.2, 0.25) is 0 Å². The summed E-state index contributed by atoms with van der Waals surface area (Å²) in [4.78, 5) is 25.9. The van der Waals surface area contributed by atoms with Crippen LogP contribution < -0.4 is 11.1 Å². The molecule has 2 rings (SSSR count). The van der Waals surface area contributed by atoms with Crippen LogP contribution in [0.25, 0.3) is 0 Å². The number of anilines is 1. The summed E-state index contributed by atoms with van der Waals surface area (Å²) in [6.45, 7) is 2.06. The van der Waals surface area contributed by atoms with E-state index in [9.17, 15) is 9.59 Å². The minimum Gasteiger partial charge on any atom is -0.336 e. The predicted molar refractivity (Wildman–Crippen MR) is 94.6 cm³/mol. The highest BCUT2D eigenvalue weighted by atomic mass is 35.5. The Morgan fingerprint density at radius 3 is 2.52 bits per heavy atom. The number of nitrogens with two attached hydrogens (primary N) is 1. The number of hydrogen-bond acceptors (Lipinski definition) is 3. The minimum atomic E-state index is -0.181. The third-order valence-corrected chi connectivity index (χ3v) is 4.16. The first-order chi connectivity index (χ1) is 10.5. The number of likely N-dealkylation sites (N-methyl/N-ethyl adjacent to an activating group) is 1. The molecule has 2 amide bonds. The second kappa shape index (κ2) is 8.89. The first kappa shape index (κ1) is 19.5. The van der Waals surface area contributed by atoms with Crippen molar-refractivity contribution < 1.29 is 9.59 Å². The molecule has 5 nitrogen and oxygen atoms in total. The van der Waals surface area contributed by atoms with Crippen molar-refractivity contribution in [3.8, 4) is 0 Å². The van der Waals surface area contributed by atoms with Crippen molar-refractivity contribution in [3.05, 3.63) is 29.8 Å². The second-order valence-corrected chi connectivity index (χ2v) is 6.23. The number of aryl methyl sites for hydroxylation is 1. The van der Waals surface area contributed by atoms with Gasteiger partial charge in [0.1, 0.15) is 0 Å². The Balaban J connectivity index is 0.00000264. The highest BCUT2D eigenvalue weighted by molar-refractivity contribution is 5.94. The van der Waals surface area contributed by atoms with E-state index in [1.54, 1.807) is 7.05 Å².